The first kappa shape index (κ1) is 10.4. The number of benzene rings is 1. The molecule has 16 heavy (non-hydrogen) atoms. The molecule has 1 fully saturated rings. The minimum atomic E-state index is -0.307. The Morgan fingerprint density at radius 2 is 1.94 bits per heavy atom. The largest absolute Gasteiger partial charge is 0.504 e. The Hall–Kier alpha value is -2.10. The number of imide groups is 1. The van der Waals surface area contributed by atoms with Crippen LogP contribution in [0, 0.1) is 0 Å². The van der Waals surface area contributed by atoms with Crippen molar-refractivity contribution in [2.45, 2.75) is 6.42 Å². The molecule has 1 aliphatic heterocycles. The summed E-state index contributed by atoms with van der Waals surface area (Å²) >= 11 is 0. The highest BCUT2D eigenvalue weighted by molar-refractivity contribution is 6.28. The van der Waals surface area contributed by atoms with Crippen molar-refractivity contribution in [1.29, 1.82) is 0 Å². The molecule has 82 valence electrons. The Morgan fingerprint density at radius 3 is 2.56 bits per heavy atom. The molecule has 2 rings (SSSR count). The lowest BCUT2D eigenvalue weighted by Crippen LogP contribution is -2.28. The van der Waals surface area contributed by atoms with E-state index in [-0.39, 0.29) is 18.2 Å². The zero-order valence-corrected chi connectivity index (χ0v) is 8.84. The van der Waals surface area contributed by atoms with Gasteiger partial charge >= 0.3 is 0 Å². The van der Waals surface area contributed by atoms with E-state index in [1.165, 1.54) is 18.3 Å². The Bertz CT molecular complexity index is 451. The van der Waals surface area contributed by atoms with Gasteiger partial charge in [0, 0.05) is 0 Å². The maximum Gasteiger partial charge on any atom is 0.264 e. The summed E-state index contributed by atoms with van der Waals surface area (Å²) in [6, 6.07) is 8.86. The molecule has 0 atom stereocenters. The first-order valence-electron chi connectivity index (χ1n) is 4.88. The van der Waals surface area contributed by atoms with Gasteiger partial charge in [-0.15, -0.1) is 0 Å². The van der Waals surface area contributed by atoms with Crippen LogP contribution in [0.1, 0.15) is 6.42 Å². The van der Waals surface area contributed by atoms with Crippen LogP contribution in [-0.4, -0.2) is 18.9 Å². The third-order valence-corrected chi connectivity index (χ3v) is 2.34. The van der Waals surface area contributed by atoms with E-state index in [2.05, 4.69) is 0 Å². The summed E-state index contributed by atoms with van der Waals surface area (Å²) in [5, 5.41) is 0. The van der Waals surface area contributed by atoms with Crippen molar-refractivity contribution in [3.8, 4) is 0 Å². The van der Waals surface area contributed by atoms with Gasteiger partial charge in [-0.05, 0) is 12.1 Å². The van der Waals surface area contributed by atoms with Crippen LogP contribution in [-0.2, 0) is 14.3 Å². The number of methoxy groups -OCH3 is 1. The van der Waals surface area contributed by atoms with E-state index in [1.807, 2.05) is 6.07 Å². The first-order valence-corrected chi connectivity index (χ1v) is 4.88. The van der Waals surface area contributed by atoms with E-state index in [1.54, 1.807) is 24.3 Å². The summed E-state index contributed by atoms with van der Waals surface area (Å²) in [5.41, 5.74) is 0.980. The van der Waals surface area contributed by atoms with Gasteiger partial charge in [0.1, 0.15) is 0 Å². The first-order chi connectivity index (χ1) is 7.74. The molecule has 0 saturated carbocycles. The Morgan fingerprint density at radius 1 is 1.25 bits per heavy atom. The topological polar surface area (TPSA) is 46.6 Å². The van der Waals surface area contributed by atoms with Gasteiger partial charge < -0.3 is 4.74 Å². The summed E-state index contributed by atoms with van der Waals surface area (Å²) in [7, 11) is 1.45. The van der Waals surface area contributed by atoms with Crippen LogP contribution in [0.15, 0.2) is 42.2 Å². The van der Waals surface area contributed by atoms with Gasteiger partial charge in [-0.3, -0.25) is 9.59 Å². The summed E-state index contributed by atoms with van der Waals surface area (Å²) in [4.78, 5) is 24.7. The quantitative estimate of drug-likeness (QED) is 0.428. The number of hydrogen-bond acceptors (Lipinski definition) is 3. The second-order valence-electron chi connectivity index (χ2n) is 3.43. The lowest BCUT2D eigenvalue weighted by Gasteiger charge is -2.12. The molecule has 1 aromatic rings. The average Bonchev–Trinajstić information content (AvgIpc) is 2.56. The maximum atomic E-state index is 11.9. The minimum Gasteiger partial charge on any atom is -0.504 e. The van der Waals surface area contributed by atoms with Gasteiger partial charge in [0.05, 0.1) is 31.1 Å². The Labute approximate surface area is 93.1 Å². The van der Waals surface area contributed by atoms with Gasteiger partial charge in [-0.25, -0.2) is 4.90 Å². The molecule has 1 aromatic carbocycles. The van der Waals surface area contributed by atoms with Crippen molar-refractivity contribution in [2.75, 3.05) is 12.0 Å². The van der Waals surface area contributed by atoms with Gasteiger partial charge in [-0.1, -0.05) is 18.2 Å². The van der Waals surface area contributed by atoms with E-state index >= 15 is 0 Å². The van der Waals surface area contributed by atoms with E-state index in [4.69, 9.17) is 4.74 Å². The van der Waals surface area contributed by atoms with Crippen LogP contribution < -0.4 is 4.90 Å². The summed E-state index contributed by atoms with van der Waals surface area (Å²) in [6.07, 6.45) is 1.42. The van der Waals surface area contributed by atoms with Gasteiger partial charge in [0.15, 0.2) is 0 Å². The maximum absolute atomic E-state index is 11.9. The van der Waals surface area contributed by atoms with Crippen molar-refractivity contribution < 1.29 is 14.3 Å². The Kier molecular flexibility index (Phi) is 2.72. The summed E-state index contributed by atoms with van der Waals surface area (Å²) in [6.45, 7) is 0. The molecule has 2 amide bonds. The lowest BCUT2D eigenvalue weighted by atomic mass is 10.2. The molecule has 1 heterocycles. The second-order valence-corrected chi connectivity index (χ2v) is 3.43. The van der Waals surface area contributed by atoms with Crippen molar-refractivity contribution in [2.24, 2.45) is 0 Å². The molecular weight excluding hydrogens is 206 g/mol. The lowest BCUT2D eigenvalue weighted by molar-refractivity contribution is -0.120. The fourth-order valence-corrected chi connectivity index (χ4v) is 1.65. The SMILES string of the molecule is COC=C1CC(=O)N(c2ccccc2)C1=O. The van der Waals surface area contributed by atoms with E-state index < -0.39 is 0 Å². The van der Waals surface area contributed by atoms with Crippen LogP contribution in [0.2, 0.25) is 0 Å². The molecule has 0 radical (unpaired) electrons. The molecule has 1 saturated heterocycles. The standard InChI is InChI=1S/C12H11NO3/c1-16-8-9-7-11(14)13(12(9)15)10-5-3-2-4-6-10/h2-6,8H,7H2,1H3. The second kappa shape index (κ2) is 4.18. The van der Waals surface area contributed by atoms with Crippen LogP contribution in [0.3, 0.4) is 0 Å². The van der Waals surface area contributed by atoms with Crippen molar-refractivity contribution in [3.05, 3.63) is 42.2 Å². The fourth-order valence-electron chi connectivity index (χ4n) is 1.65. The molecule has 0 aliphatic carbocycles. The number of hydrogen-bond donors (Lipinski definition) is 0. The molecule has 0 bridgehead atoms. The smallest absolute Gasteiger partial charge is 0.264 e. The third kappa shape index (κ3) is 1.69. The number of carbonyl (C=O) groups excluding carboxylic acids is 2. The van der Waals surface area contributed by atoms with Crippen molar-refractivity contribution >= 4 is 17.5 Å². The number of nitrogens with zero attached hydrogens (tertiary/aromatic N) is 1. The minimum absolute atomic E-state index is 0.0988. The highest BCUT2D eigenvalue weighted by Crippen LogP contribution is 2.25. The number of anilines is 1. The van der Waals surface area contributed by atoms with Gasteiger partial charge in [0.2, 0.25) is 5.91 Å². The molecule has 0 aromatic heterocycles. The predicted molar refractivity (Wildman–Crippen MR) is 58.6 cm³/mol. The monoisotopic (exact) mass is 217 g/mol. The van der Waals surface area contributed by atoms with E-state index in [0.717, 1.165) is 0 Å². The number of ether oxygens (including phenoxy) is 1. The Balaban J connectivity index is 2.34. The van der Waals surface area contributed by atoms with Crippen LogP contribution in [0.4, 0.5) is 5.69 Å². The zero-order chi connectivity index (χ0) is 11.5. The van der Waals surface area contributed by atoms with Crippen LogP contribution >= 0.6 is 0 Å². The molecule has 4 nitrogen and oxygen atoms in total. The molecule has 0 N–H and O–H groups in total. The number of amides is 2. The number of carbonyl (C=O) groups is 2. The van der Waals surface area contributed by atoms with E-state index in [0.29, 0.717) is 11.3 Å². The highest BCUT2D eigenvalue weighted by atomic mass is 16.5. The predicted octanol–water partition coefficient (Wildman–Crippen LogP) is 1.48. The van der Waals surface area contributed by atoms with E-state index in [9.17, 15) is 9.59 Å². The molecule has 0 unspecified atom stereocenters. The normalized spacial score (nSPS) is 18.3. The van der Waals surface area contributed by atoms with Crippen molar-refractivity contribution in [3.63, 3.8) is 0 Å². The highest BCUT2D eigenvalue weighted by Gasteiger charge is 2.35. The number of para-hydroxylation sites is 1. The van der Waals surface area contributed by atoms with Gasteiger partial charge in [-0.2, -0.15) is 0 Å². The van der Waals surface area contributed by atoms with Gasteiger partial charge in [0.25, 0.3) is 5.91 Å². The number of rotatable bonds is 2. The average molecular weight is 217 g/mol. The fraction of sp³-hybridized carbons (Fsp3) is 0.167. The van der Waals surface area contributed by atoms with Crippen LogP contribution in [0.25, 0.3) is 0 Å². The summed E-state index contributed by atoms with van der Waals surface area (Å²) in [5.74, 6) is -0.530. The zero-order valence-electron chi connectivity index (χ0n) is 8.84. The molecule has 1 aliphatic rings. The van der Waals surface area contributed by atoms with Crippen molar-refractivity contribution in [1.82, 2.24) is 0 Å². The molecule has 0 spiro atoms. The summed E-state index contributed by atoms with van der Waals surface area (Å²) < 4.78 is 4.77. The third-order valence-electron chi connectivity index (χ3n) is 2.34. The molecular formula is C12H11NO3. The molecule has 4 heteroatoms. The van der Waals surface area contributed by atoms with Crippen LogP contribution in [0.5, 0.6) is 0 Å².